The van der Waals surface area contributed by atoms with Crippen LogP contribution in [0.2, 0.25) is 0 Å². The number of rotatable bonds is 4. The van der Waals surface area contributed by atoms with Gasteiger partial charge in [-0.05, 0) is 48.4 Å². The van der Waals surface area contributed by atoms with Crippen LogP contribution in [0.4, 0.5) is 5.69 Å². The quantitative estimate of drug-likeness (QED) is 0.442. The fraction of sp³-hybridized carbons (Fsp3) is 0.222. The van der Waals surface area contributed by atoms with Gasteiger partial charge in [-0.15, -0.1) is 0 Å². The standard InChI is InChI=1S/C27H24N2O4/c1-4-29-21-8-6-5-7-18(21)24-22(29)10-9-19-25(24)23(26-20(28-19)14-33-27(26)30)15-11-16(31-2)13-17(12-15)32-3/h5-13,23,28H,4,14H2,1-3H3. The number of hydrogen-bond donors (Lipinski definition) is 1. The number of benzene rings is 3. The molecule has 0 radical (unpaired) electrons. The molecule has 4 aromatic rings. The smallest absolute Gasteiger partial charge is 0.337 e. The second-order valence-electron chi connectivity index (χ2n) is 8.35. The lowest BCUT2D eigenvalue weighted by Gasteiger charge is -2.28. The minimum absolute atomic E-state index is 0.250. The summed E-state index contributed by atoms with van der Waals surface area (Å²) >= 11 is 0. The number of nitrogens with zero attached hydrogens (tertiary/aromatic N) is 1. The molecule has 33 heavy (non-hydrogen) atoms. The predicted molar refractivity (Wildman–Crippen MR) is 128 cm³/mol. The zero-order chi connectivity index (χ0) is 22.7. The molecule has 1 atom stereocenters. The summed E-state index contributed by atoms with van der Waals surface area (Å²) in [7, 11) is 3.27. The Bertz CT molecular complexity index is 1460. The highest BCUT2D eigenvalue weighted by molar-refractivity contribution is 6.13. The Morgan fingerprint density at radius 3 is 2.52 bits per heavy atom. The van der Waals surface area contributed by atoms with Gasteiger partial charge in [0.2, 0.25) is 0 Å². The third-order valence-electron chi connectivity index (χ3n) is 6.76. The third-order valence-corrected chi connectivity index (χ3v) is 6.76. The van der Waals surface area contributed by atoms with Gasteiger partial charge in [-0.2, -0.15) is 0 Å². The first kappa shape index (κ1) is 19.7. The minimum atomic E-state index is -0.310. The molecule has 0 bridgehead atoms. The molecule has 6 rings (SSSR count). The summed E-state index contributed by atoms with van der Waals surface area (Å²) < 4.78 is 18.9. The second kappa shape index (κ2) is 7.30. The lowest BCUT2D eigenvalue weighted by Crippen LogP contribution is -2.20. The van der Waals surface area contributed by atoms with E-state index in [4.69, 9.17) is 14.2 Å². The van der Waals surface area contributed by atoms with E-state index in [9.17, 15) is 4.79 Å². The summed E-state index contributed by atoms with van der Waals surface area (Å²) in [4.78, 5) is 13.0. The molecule has 166 valence electrons. The number of aryl methyl sites for hydroxylation is 1. The molecule has 1 aromatic heterocycles. The average molecular weight is 440 g/mol. The van der Waals surface area contributed by atoms with Crippen molar-refractivity contribution >= 4 is 33.5 Å². The van der Waals surface area contributed by atoms with Crippen molar-refractivity contribution in [3.63, 3.8) is 0 Å². The summed E-state index contributed by atoms with van der Waals surface area (Å²) in [6.45, 7) is 3.26. The van der Waals surface area contributed by atoms with Gasteiger partial charge in [-0.1, -0.05) is 18.2 Å². The number of para-hydroxylation sites is 1. The van der Waals surface area contributed by atoms with Gasteiger partial charge in [-0.3, -0.25) is 0 Å². The van der Waals surface area contributed by atoms with Gasteiger partial charge >= 0.3 is 5.97 Å². The summed E-state index contributed by atoms with van der Waals surface area (Å²) in [5, 5.41) is 5.81. The molecule has 6 heteroatoms. The van der Waals surface area contributed by atoms with Gasteiger partial charge < -0.3 is 24.1 Å². The zero-order valence-electron chi connectivity index (χ0n) is 18.8. The van der Waals surface area contributed by atoms with Crippen molar-refractivity contribution in [1.29, 1.82) is 0 Å². The Balaban J connectivity index is 1.74. The third kappa shape index (κ3) is 2.76. The van der Waals surface area contributed by atoms with E-state index in [1.807, 2.05) is 18.2 Å². The molecule has 0 fully saturated rings. The van der Waals surface area contributed by atoms with Crippen molar-refractivity contribution in [2.24, 2.45) is 0 Å². The van der Waals surface area contributed by atoms with Gasteiger partial charge in [0.1, 0.15) is 18.1 Å². The molecule has 0 saturated heterocycles. The van der Waals surface area contributed by atoms with Crippen LogP contribution in [0.5, 0.6) is 11.5 Å². The average Bonchev–Trinajstić information content (AvgIpc) is 3.39. The highest BCUT2D eigenvalue weighted by atomic mass is 16.5. The number of carbonyl (C=O) groups is 1. The van der Waals surface area contributed by atoms with Crippen LogP contribution in [0, 0.1) is 0 Å². The van der Waals surface area contributed by atoms with E-state index in [0.717, 1.165) is 40.0 Å². The van der Waals surface area contributed by atoms with E-state index < -0.39 is 0 Å². The van der Waals surface area contributed by atoms with E-state index in [0.29, 0.717) is 17.1 Å². The molecule has 6 nitrogen and oxygen atoms in total. The summed E-state index contributed by atoms with van der Waals surface area (Å²) in [6.07, 6.45) is 0. The van der Waals surface area contributed by atoms with Crippen LogP contribution in [0.3, 0.4) is 0 Å². The summed E-state index contributed by atoms with van der Waals surface area (Å²) in [5.74, 6) is 0.767. The Morgan fingerprint density at radius 1 is 1.03 bits per heavy atom. The number of cyclic esters (lactones) is 1. The van der Waals surface area contributed by atoms with Crippen LogP contribution in [0.25, 0.3) is 21.8 Å². The van der Waals surface area contributed by atoms with E-state index in [2.05, 4.69) is 53.2 Å². The van der Waals surface area contributed by atoms with Gasteiger partial charge in [0.25, 0.3) is 0 Å². The number of nitrogens with one attached hydrogen (secondary N) is 1. The van der Waals surface area contributed by atoms with E-state index in [-0.39, 0.29) is 18.5 Å². The molecule has 0 aliphatic carbocycles. The van der Waals surface area contributed by atoms with Gasteiger partial charge in [0.15, 0.2) is 0 Å². The molecular formula is C27H24N2O4. The number of aromatic nitrogens is 1. The highest BCUT2D eigenvalue weighted by Crippen LogP contribution is 2.50. The van der Waals surface area contributed by atoms with Crippen LogP contribution < -0.4 is 14.8 Å². The fourth-order valence-corrected chi connectivity index (χ4v) is 5.36. The van der Waals surface area contributed by atoms with Gasteiger partial charge in [-0.25, -0.2) is 4.79 Å². The fourth-order valence-electron chi connectivity index (χ4n) is 5.36. The number of methoxy groups -OCH3 is 2. The molecule has 1 unspecified atom stereocenters. The molecule has 0 amide bonds. The monoisotopic (exact) mass is 440 g/mol. The SMILES string of the molecule is CCn1c2ccccc2c2c3c(ccc21)NC1=C(C(=O)OC1)C3c1cc(OC)cc(OC)c1. The lowest BCUT2D eigenvalue weighted by molar-refractivity contribution is -0.136. The molecule has 3 aromatic carbocycles. The van der Waals surface area contributed by atoms with Crippen molar-refractivity contribution in [3.8, 4) is 11.5 Å². The maximum Gasteiger partial charge on any atom is 0.337 e. The van der Waals surface area contributed by atoms with E-state index in [1.165, 1.54) is 10.9 Å². The number of hydrogen-bond acceptors (Lipinski definition) is 5. The van der Waals surface area contributed by atoms with Crippen molar-refractivity contribution < 1.29 is 19.0 Å². The van der Waals surface area contributed by atoms with Crippen molar-refractivity contribution in [1.82, 2.24) is 4.57 Å². The largest absolute Gasteiger partial charge is 0.497 e. The first-order valence-corrected chi connectivity index (χ1v) is 11.1. The Morgan fingerprint density at radius 2 is 1.79 bits per heavy atom. The zero-order valence-corrected chi connectivity index (χ0v) is 18.8. The van der Waals surface area contributed by atoms with Gasteiger partial charge in [0.05, 0.1) is 25.5 Å². The predicted octanol–water partition coefficient (Wildman–Crippen LogP) is 5.20. The molecule has 3 heterocycles. The maximum atomic E-state index is 13.0. The van der Waals surface area contributed by atoms with Crippen LogP contribution in [0.15, 0.2) is 65.9 Å². The van der Waals surface area contributed by atoms with Crippen molar-refractivity contribution in [2.75, 3.05) is 26.1 Å². The first-order valence-electron chi connectivity index (χ1n) is 11.1. The molecule has 2 aliphatic heterocycles. The Kier molecular flexibility index (Phi) is 4.37. The van der Waals surface area contributed by atoms with Crippen molar-refractivity contribution in [2.45, 2.75) is 19.4 Å². The lowest BCUT2D eigenvalue weighted by atomic mass is 9.79. The van der Waals surface area contributed by atoms with E-state index >= 15 is 0 Å². The molecule has 0 saturated carbocycles. The topological polar surface area (TPSA) is 61.7 Å². The second-order valence-corrected chi connectivity index (χ2v) is 8.35. The van der Waals surface area contributed by atoms with Crippen LogP contribution in [-0.4, -0.2) is 31.4 Å². The number of fused-ring (bicyclic) bond motifs is 5. The minimum Gasteiger partial charge on any atom is -0.497 e. The number of ether oxygens (including phenoxy) is 3. The number of carbonyl (C=O) groups excluding carboxylic acids is 1. The van der Waals surface area contributed by atoms with Crippen molar-refractivity contribution in [3.05, 3.63) is 77.0 Å². The number of anilines is 1. The maximum absolute atomic E-state index is 13.0. The highest BCUT2D eigenvalue weighted by Gasteiger charge is 2.40. The summed E-state index contributed by atoms with van der Waals surface area (Å²) in [6, 6.07) is 18.5. The van der Waals surface area contributed by atoms with Gasteiger partial charge in [0, 0.05) is 46.0 Å². The molecular weight excluding hydrogens is 416 g/mol. The Hall–Kier alpha value is -3.93. The van der Waals surface area contributed by atoms with E-state index in [1.54, 1.807) is 14.2 Å². The molecule has 0 spiro atoms. The first-order chi connectivity index (χ1) is 16.1. The van der Waals surface area contributed by atoms with Crippen LogP contribution in [0.1, 0.15) is 24.0 Å². The normalized spacial score (nSPS) is 17.1. The molecule has 2 aliphatic rings. The van der Waals surface area contributed by atoms with Crippen LogP contribution >= 0.6 is 0 Å². The Labute approximate surface area is 191 Å². The molecule has 1 N–H and O–H groups in total. The summed E-state index contributed by atoms with van der Waals surface area (Å²) in [5.41, 5.74) is 6.79. The van der Waals surface area contributed by atoms with Crippen LogP contribution in [-0.2, 0) is 16.1 Å². The number of esters is 1.